The Bertz CT molecular complexity index is 386. The minimum absolute atomic E-state index is 0.155. The number of carbonyl (C=O) groups is 2. The number of nitrogens with zero attached hydrogens (tertiary/aromatic N) is 1. The van der Waals surface area contributed by atoms with Crippen molar-refractivity contribution in [3.63, 3.8) is 0 Å². The summed E-state index contributed by atoms with van der Waals surface area (Å²) in [5.74, 6) is -1.81. The van der Waals surface area contributed by atoms with E-state index >= 15 is 0 Å². The summed E-state index contributed by atoms with van der Waals surface area (Å²) < 4.78 is 0. The predicted molar refractivity (Wildman–Crippen MR) is 54.2 cm³/mol. The van der Waals surface area contributed by atoms with Crippen LogP contribution in [0.3, 0.4) is 0 Å². The highest BCUT2D eigenvalue weighted by molar-refractivity contribution is 6.02. The molecule has 0 aliphatic rings. The Labute approximate surface area is 91.5 Å². The van der Waals surface area contributed by atoms with Crippen LogP contribution in [0.1, 0.15) is 34.3 Å². The van der Waals surface area contributed by atoms with Crippen LogP contribution < -0.4 is 5.32 Å². The third-order valence-corrected chi connectivity index (χ3v) is 1.92. The van der Waals surface area contributed by atoms with Gasteiger partial charge < -0.3 is 20.5 Å². The number of hydrogen-bond acceptors (Lipinski definition) is 4. The molecule has 0 bridgehead atoms. The minimum Gasteiger partial charge on any atom is -0.477 e. The molecule has 0 radical (unpaired) electrons. The molecule has 4 N–H and O–H groups in total. The van der Waals surface area contributed by atoms with E-state index < -0.39 is 18.0 Å². The van der Waals surface area contributed by atoms with E-state index in [1.807, 2.05) is 0 Å². The van der Waals surface area contributed by atoms with Crippen molar-refractivity contribution in [3.8, 4) is 0 Å². The normalized spacial score (nSPS) is 12.1. The van der Waals surface area contributed by atoms with E-state index in [9.17, 15) is 9.59 Å². The predicted octanol–water partition coefficient (Wildman–Crippen LogP) is -0.391. The van der Waals surface area contributed by atoms with Gasteiger partial charge >= 0.3 is 5.97 Å². The van der Waals surface area contributed by atoms with Gasteiger partial charge in [-0.15, -0.1) is 0 Å². The summed E-state index contributed by atoms with van der Waals surface area (Å²) in [5.41, 5.74) is -0.396. The molecule has 7 heteroatoms. The van der Waals surface area contributed by atoms with Crippen molar-refractivity contribution >= 4 is 11.9 Å². The van der Waals surface area contributed by atoms with E-state index in [0.29, 0.717) is 6.42 Å². The molecule has 1 atom stereocenters. The number of carboxylic acids is 1. The maximum Gasteiger partial charge on any atom is 0.354 e. The van der Waals surface area contributed by atoms with Crippen molar-refractivity contribution in [1.82, 2.24) is 15.3 Å². The number of aromatic carboxylic acids is 1. The lowest BCUT2D eigenvalue weighted by Gasteiger charge is -2.05. The molecule has 88 valence electrons. The maximum atomic E-state index is 11.5. The Balaban J connectivity index is 2.59. The summed E-state index contributed by atoms with van der Waals surface area (Å²) >= 11 is 0. The zero-order chi connectivity index (χ0) is 12.1. The van der Waals surface area contributed by atoms with Crippen LogP contribution in [0.15, 0.2) is 6.33 Å². The number of hydrogen-bond donors (Lipinski definition) is 4. The molecule has 7 nitrogen and oxygen atoms in total. The number of aromatic amines is 1. The van der Waals surface area contributed by atoms with Crippen LogP contribution in [-0.2, 0) is 0 Å². The number of aliphatic hydroxyl groups is 1. The zero-order valence-corrected chi connectivity index (χ0v) is 8.73. The second-order valence-electron chi connectivity index (χ2n) is 3.32. The largest absolute Gasteiger partial charge is 0.477 e. The SMILES string of the molecule is CC(O)CCNC(=O)c1nc[nH]c1C(=O)O. The van der Waals surface area contributed by atoms with Gasteiger partial charge in [-0.3, -0.25) is 4.79 Å². The molecule has 1 aromatic rings. The number of aromatic nitrogens is 2. The van der Waals surface area contributed by atoms with Gasteiger partial charge in [-0.05, 0) is 13.3 Å². The number of H-pyrrole nitrogens is 1. The summed E-state index contributed by atoms with van der Waals surface area (Å²) in [6.07, 6.45) is 1.03. The monoisotopic (exact) mass is 227 g/mol. The van der Waals surface area contributed by atoms with Crippen molar-refractivity contribution in [1.29, 1.82) is 0 Å². The number of rotatable bonds is 5. The first-order chi connectivity index (χ1) is 7.52. The van der Waals surface area contributed by atoms with E-state index in [4.69, 9.17) is 10.2 Å². The number of amides is 1. The molecule has 1 heterocycles. The highest BCUT2D eigenvalue weighted by atomic mass is 16.4. The van der Waals surface area contributed by atoms with E-state index in [1.165, 1.54) is 0 Å². The molecular formula is C9H13N3O4. The Morgan fingerprint density at radius 2 is 2.31 bits per heavy atom. The molecule has 0 aliphatic carbocycles. The summed E-state index contributed by atoms with van der Waals surface area (Å²) in [6.45, 7) is 1.87. The lowest BCUT2D eigenvalue weighted by Crippen LogP contribution is -2.28. The van der Waals surface area contributed by atoms with Crippen LogP contribution >= 0.6 is 0 Å². The van der Waals surface area contributed by atoms with Gasteiger partial charge in [0.25, 0.3) is 5.91 Å². The molecule has 1 unspecified atom stereocenters. The molecule has 0 spiro atoms. The smallest absolute Gasteiger partial charge is 0.354 e. The summed E-state index contributed by atoms with van der Waals surface area (Å²) in [7, 11) is 0. The van der Waals surface area contributed by atoms with E-state index in [-0.39, 0.29) is 17.9 Å². The average molecular weight is 227 g/mol. The lowest BCUT2D eigenvalue weighted by atomic mass is 10.2. The molecule has 1 rings (SSSR count). The Kier molecular flexibility index (Phi) is 4.01. The topological polar surface area (TPSA) is 115 Å². The lowest BCUT2D eigenvalue weighted by molar-refractivity contribution is 0.0684. The number of aliphatic hydroxyl groups excluding tert-OH is 1. The van der Waals surface area contributed by atoms with Crippen LogP contribution in [0.2, 0.25) is 0 Å². The van der Waals surface area contributed by atoms with Crippen molar-refractivity contribution in [2.75, 3.05) is 6.54 Å². The summed E-state index contributed by atoms with van der Waals surface area (Å²) in [5, 5.41) is 20.2. The van der Waals surface area contributed by atoms with Gasteiger partial charge in [0, 0.05) is 6.54 Å². The minimum atomic E-state index is -1.24. The molecule has 0 aliphatic heterocycles. The van der Waals surface area contributed by atoms with Gasteiger partial charge in [-0.1, -0.05) is 0 Å². The van der Waals surface area contributed by atoms with Gasteiger partial charge in [-0.2, -0.15) is 0 Å². The first kappa shape index (κ1) is 12.2. The van der Waals surface area contributed by atoms with Crippen LogP contribution in [0.25, 0.3) is 0 Å². The molecular weight excluding hydrogens is 214 g/mol. The summed E-state index contributed by atoms with van der Waals surface area (Å²) in [6, 6.07) is 0. The van der Waals surface area contributed by atoms with Gasteiger partial charge in [0.05, 0.1) is 12.4 Å². The molecule has 0 fully saturated rings. The Hall–Kier alpha value is -1.89. The van der Waals surface area contributed by atoms with Gasteiger partial charge in [0.15, 0.2) is 11.4 Å². The van der Waals surface area contributed by atoms with Crippen molar-refractivity contribution in [3.05, 3.63) is 17.7 Å². The number of carboxylic acid groups (broad SMARTS) is 1. The Morgan fingerprint density at radius 3 is 2.88 bits per heavy atom. The first-order valence-corrected chi connectivity index (χ1v) is 4.75. The third kappa shape index (κ3) is 3.06. The Morgan fingerprint density at radius 1 is 1.62 bits per heavy atom. The number of imidazole rings is 1. The maximum absolute atomic E-state index is 11.5. The second-order valence-corrected chi connectivity index (χ2v) is 3.32. The van der Waals surface area contributed by atoms with Crippen LogP contribution in [0, 0.1) is 0 Å². The van der Waals surface area contributed by atoms with Gasteiger partial charge in [0.2, 0.25) is 0 Å². The third-order valence-electron chi connectivity index (χ3n) is 1.92. The van der Waals surface area contributed by atoms with Crippen molar-refractivity contribution in [2.45, 2.75) is 19.4 Å². The van der Waals surface area contributed by atoms with Crippen LogP contribution in [0.5, 0.6) is 0 Å². The fourth-order valence-electron chi connectivity index (χ4n) is 1.11. The van der Waals surface area contributed by atoms with Gasteiger partial charge in [0.1, 0.15) is 0 Å². The van der Waals surface area contributed by atoms with Crippen molar-refractivity contribution in [2.24, 2.45) is 0 Å². The molecule has 0 saturated heterocycles. The van der Waals surface area contributed by atoms with Gasteiger partial charge in [-0.25, -0.2) is 9.78 Å². The molecule has 1 amide bonds. The highest BCUT2D eigenvalue weighted by Crippen LogP contribution is 2.02. The van der Waals surface area contributed by atoms with E-state index in [0.717, 1.165) is 6.33 Å². The molecule has 0 aromatic carbocycles. The van der Waals surface area contributed by atoms with E-state index in [2.05, 4.69) is 15.3 Å². The summed E-state index contributed by atoms with van der Waals surface area (Å²) in [4.78, 5) is 28.1. The zero-order valence-electron chi connectivity index (χ0n) is 8.73. The average Bonchev–Trinajstić information content (AvgIpc) is 2.65. The highest BCUT2D eigenvalue weighted by Gasteiger charge is 2.19. The molecule has 16 heavy (non-hydrogen) atoms. The standard InChI is InChI=1S/C9H13N3O4/c1-5(13)2-3-10-8(14)6-7(9(15)16)12-4-11-6/h4-5,13H,2-3H2,1H3,(H,10,14)(H,11,12)(H,15,16). The number of nitrogens with one attached hydrogen (secondary N) is 2. The number of carbonyl (C=O) groups excluding carboxylic acids is 1. The fourth-order valence-corrected chi connectivity index (χ4v) is 1.11. The first-order valence-electron chi connectivity index (χ1n) is 4.75. The molecule has 0 saturated carbocycles. The van der Waals surface area contributed by atoms with Crippen molar-refractivity contribution < 1.29 is 19.8 Å². The van der Waals surface area contributed by atoms with Crippen LogP contribution in [0.4, 0.5) is 0 Å². The quantitative estimate of drug-likeness (QED) is 0.546. The fraction of sp³-hybridized carbons (Fsp3) is 0.444. The van der Waals surface area contributed by atoms with Crippen LogP contribution in [-0.4, -0.2) is 44.7 Å². The van der Waals surface area contributed by atoms with E-state index in [1.54, 1.807) is 6.92 Å². The second kappa shape index (κ2) is 5.26. The molecule has 1 aromatic heterocycles.